The van der Waals surface area contributed by atoms with Crippen molar-refractivity contribution in [3.8, 4) is 11.5 Å². The number of aryl methyl sites for hydroxylation is 1. The van der Waals surface area contributed by atoms with Crippen molar-refractivity contribution in [2.75, 3.05) is 13.2 Å². The second kappa shape index (κ2) is 13.6. The lowest BCUT2D eigenvalue weighted by molar-refractivity contribution is -0.384. The molecule has 0 saturated carbocycles. The third-order valence-electron chi connectivity index (χ3n) is 5.68. The van der Waals surface area contributed by atoms with E-state index >= 15 is 0 Å². The van der Waals surface area contributed by atoms with Crippen LogP contribution in [-0.4, -0.2) is 22.7 Å². The fraction of sp³-hybridized carbons (Fsp3) is 0.519. The van der Waals surface area contributed by atoms with Crippen LogP contribution < -0.4 is 15.0 Å². The standard InChI is InChI=1S/C27H38N2O5/c1-6-8-9-10-17-33-25-23-15-14-22(29(31)32)19-24(23)28(7-2)27(30)26(25)34-18-16-21(5)13-11-12-20(3)4/h12,14-16,19H,6-11,13,17-18H2,1-5H3/b21-16+. The summed E-state index contributed by atoms with van der Waals surface area (Å²) in [6.45, 7) is 11.3. The number of non-ortho nitro benzene ring substituents is 1. The maximum Gasteiger partial charge on any atom is 0.297 e. The van der Waals surface area contributed by atoms with E-state index < -0.39 is 4.92 Å². The van der Waals surface area contributed by atoms with Gasteiger partial charge in [0.15, 0.2) is 5.75 Å². The number of hydrogen-bond donors (Lipinski definition) is 0. The first-order chi connectivity index (χ1) is 16.3. The molecule has 1 aromatic heterocycles. The summed E-state index contributed by atoms with van der Waals surface area (Å²) in [7, 11) is 0. The summed E-state index contributed by atoms with van der Waals surface area (Å²) < 4.78 is 13.6. The third kappa shape index (κ3) is 7.47. The molecular weight excluding hydrogens is 432 g/mol. The number of hydrogen-bond acceptors (Lipinski definition) is 5. The molecule has 1 aromatic carbocycles. The summed E-state index contributed by atoms with van der Waals surface area (Å²) in [4.78, 5) is 24.2. The number of benzene rings is 1. The van der Waals surface area contributed by atoms with E-state index in [0.29, 0.717) is 29.8 Å². The predicted molar refractivity (Wildman–Crippen MR) is 138 cm³/mol. The van der Waals surface area contributed by atoms with Gasteiger partial charge in [0.05, 0.1) is 17.0 Å². The van der Waals surface area contributed by atoms with Crippen LogP contribution in [0.25, 0.3) is 10.9 Å². The topological polar surface area (TPSA) is 83.6 Å². The van der Waals surface area contributed by atoms with Gasteiger partial charge in [0.25, 0.3) is 11.2 Å². The number of pyridine rings is 1. The van der Waals surface area contributed by atoms with E-state index in [-0.39, 0.29) is 23.6 Å². The first-order valence-corrected chi connectivity index (χ1v) is 12.2. The quantitative estimate of drug-likeness (QED) is 0.129. The lowest BCUT2D eigenvalue weighted by Crippen LogP contribution is -2.23. The Morgan fingerprint density at radius 3 is 2.47 bits per heavy atom. The van der Waals surface area contributed by atoms with Crippen molar-refractivity contribution in [3.63, 3.8) is 0 Å². The Kier molecular flexibility index (Phi) is 10.8. The van der Waals surface area contributed by atoms with Gasteiger partial charge in [-0.25, -0.2) is 0 Å². The van der Waals surface area contributed by atoms with Crippen molar-refractivity contribution < 1.29 is 14.4 Å². The number of ether oxygens (including phenoxy) is 2. The van der Waals surface area contributed by atoms with E-state index in [1.54, 1.807) is 6.07 Å². The van der Waals surface area contributed by atoms with E-state index in [4.69, 9.17) is 9.47 Å². The highest BCUT2D eigenvalue weighted by molar-refractivity contribution is 5.89. The maximum absolute atomic E-state index is 13.3. The van der Waals surface area contributed by atoms with Crippen molar-refractivity contribution >= 4 is 16.6 Å². The zero-order valence-corrected chi connectivity index (χ0v) is 21.2. The van der Waals surface area contributed by atoms with Gasteiger partial charge in [0, 0.05) is 24.1 Å². The molecular formula is C27H38N2O5. The lowest BCUT2D eigenvalue weighted by atomic mass is 10.1. The van der Waals surface area contributed by atoms with Crippen molar-refractivity contribution in [2.45, 2.75) is 79.7 Å². The molecule has 0 spiro atoms. The van der Waals surface area contributed by atoms with Crippen molar-refractivity contribution in [3.05, 3.63) is 62.0 Å². The van der Waals surface area contributed by atoms with E-state index in [1.165, 1.54) is 27.8 Å². The minimum absolute atomic E-state index is 0.0633. The van der Waals surface area contributed by atoms with Gasteiger partial charge in [-0.1, -0.05) is 43.4 Å². The van der Waals surface area contributed by atoms with Crippen molar-refractivity contribution in [1.29, 1.82) is 0 Å². The molecule has 0 unspecified atom stereocenters. The molecule has 0 atom stereocenters. The zero-order chi connectivity index (χ0) is 25.1. The Morgan fingerprint density at radius 1 is 1.06 bits per heavy atom. The largest absolute Gasteiger partial charge is 0.489 e. The van der Waals surface area contributed by atoms with Gasteiger partial charge in [-0.05, 0) is 59.1 Å². The molecule has 0 aliphatic rings. The van der Waals surface area contributed by atoms with Crippen LogP contribution in [0.2, 0.25) is 0 Å². The van der Waals surface area contributed by atoms with Gasteiger partial charge in [-0.3, -0.25) is 14.9 Å². The van der Waals surface area contributed by atoms with Gasteiger partial charge in [0.1, 0.15) is 6.61 Å². The smallest absolute Gasteiger partial charge is 0.297 e. The van der Waals surface area contributed by atoms with Gasteiger partial charge in [0.2, 0.25) is 5.75 Å². The van der Waals surface area contributed by atoms with Crippen LogP contribution in [0.3, 0.4) is 0 Å². The van der Waals surface area contributed by atoms with E-state index in [1.807, 2.05) is 13.0 Å². The van der Waals surface area contributed by atoms with Crippen molar-refractivity contribution in [1.82, 2.24) is 4.57 Å². The summed E-state index contributed by atoms with van der Waals surface area (Å²) >= 11 is 0. The Labute approximate surface area is 202 Å². The first-order valence-electron chi connectivity index (χ1n) is 12.2. The molecule has 0 bridgehead atoms. The number of nitro benzene ring substituents is 1. The van der Waals surface area contributed by atoms with Crippen LogP contribution in [0.15, 0.2) is 46.3 Å². The van der Waals surface area contributed by atoms with Gasteiger partial charge >= 0.3 is 0 Å². The first kappa shape index (κ1) is 27.2. The number of nitro groups is 1. The molecule has 186 valence electrons. The van der Waals surface area contributed by atoms with E-state index in [9.17, 15) is 14.9 Å². The lowest BCUT2D eigenvalue weighted by Gasteiger charge is -2.17. The molecule has 7 nitrogen and oxygen atoms in total. The summed E-state index contributed by atoms with van der Waals surface area (Å²) in [5.74, 6) is 0.527. The highest BCUT2D eigenvalue weighted by Gasteiger charge is 2.21. The fourth-order valence-corrected chi connectivity index (χ4v) is 3.75. The molecule has 2 rings (SSSR count). The van der Waals surface area contributed by atoms with Crippen molar-refractivity contribution in [2.24, 2.45) is 0 Å². The average molecular weight is 471 g/mol. The number of unbranched alkanes of at least 4 members (excludes halogenated alkanes) is 3. The Hall–Kier alpha value is -3.09. The van der Waals surface area contributed by atoms with Gasteiger partial charge < -0.3 is 14.0 Å². The fourth-order valence-electron chi connectivity index (χ4n) is 3.75. The Morgan fingerprint density at radius 2 is 1.82 bits per heavy atom. The highest BCUT2D eigenvalue weighted by Crippen LogP contribution is 2.35. The molecule has 0 fully saturated rings. The van der Waals surface area contributed by atoms with Crippen LogP contribution in [0.4, 0.5) is 5.69 Å². The average Bonchev–Trinajstić information content (AvgIpc) is 2.79. The second-order valence-electron chi connectivity index (χ2n) is 8.76. The van der Waals surface area contributed by atoms with Crippen LogP contribution >= 0.6 is 0 Å². The summed E-state index contributed by atoms with van der Waals surface area (Å²) in [6, 6.07) is 4.52. The monoisotopic (exact) mass is 470 g/mol. The Bertz CT molecular complexity index is 1090. The summed E-state index contributed by atoms with van der Waals surface area (Å²) in [5.41, 5.74) is 2.56. The molecule has 2 aromatic rings. The number of aromatic nitrogens is 1. The minimum atomic E-state index is -0.456. The van der Waals surface area contributed by atoms with E-state index in [2.05, 4.69) is 33.8 Å². The molecule has 0 amide bonds. The SMILES string of the molecule is CCCCCCOc1c(OC/C=C(\C)CCC=C(C)C)c(=O)n(CC)c2cc([N+](=O)[O-])ccc12. The molecule has 0 radical (unpaired) electrons. The van der Waals surface area contributed by atoms with Crippen LogP contribution in [-0.2, 0) is 6.54 Å². The summed E-state index contributed by atoms with van der Waals surface area (Å²) in [6.07, 6.45) is 10.2. The maximum atomic E-state index is 13.3. The molecule has 0 saturated heterocycles. The number of fused-ring (bicyclic) bond motifs is 1. The third-order valence-corrected chi connectivity index (χ3v) is 5.68. The second-order valence-corrected chi connectivity index (χ2v) is 8.76. The Balaban J connectivity index is 2.41. The molecule has 7 heteroatoms. The van der Waals surface area contributed by atoms with Crippen LogP contribution in [0.5, 0.6) is 11.5 Å². The minimum Gasteiger partial charge on any atom is -0.489 e. The zero-order valence-electron chi connectivity index (χ0n) is 21.2. The molecule has 0 aliphatic heterocycles. The van der Waals surface area contributed by atoms with E-state index in [0.717, 1.165) is 38.5 Å². The van der Waals surface area contributed by atoms with Crippen LogP contribution in [0.1, 0.15) is 73.1 Å². The van der Waals surface area contributed by atoms with Crippen LogP contribution in [0, 0.1) is 10.1 Å². The van der Waals surface area contributed by atoms with Gasteiger partial charge in [-0.15, -0.1) is 0 Å². The summed E-state index contributed by atoms with van der Waals surface area (Å²) in [5, 5.41) is 12.0. The molecule has 34 heavy (non-hydrogen) atoms. The molecule has 0 aliphatic carbocycles. The predicted octanol–water partition coefficient (Wildman–Crippen LogP) is 6.96. The molecule has 0 N–H and O–H groups in total. The number of nitrogens with zero attached hydrogens (tertiary/aromatic N) is 2. The highest BCUT2D eigenvalue weighted by atomic mass is 16.6. The van der Waals surface area contributed by atoms with Gasteiger partial charge in [-0.2, -0.15) is 0 Å². The number of allylic oxidation sites excluding steroid dienone is 3. The molecule has 1 heterocycles. The number of rotatable bonds is 14. The normalized spacial score (nSPS) is 11.5.